The van der Waals surface area contributed by atoms with Crippen LogP contribution in [0.5, 0.6) is 11.5 Å². The Balaban J connectivity index is 1.28. The number of likely N-dealkylation sites (N-methyl/N-ethyl adjacent to an activating group) is 1. The second-order valence-corrected chi connectivity index (χ2v) is 12.7. The van der Waals surface area contributed by atoms with E-state index in [0.29, 0.717) is 12.2 Å². The van der Waals surface area contributed by atoms with Gasteiger partial charge in [0.2, 0.25) is 5.91 Å². The van der Waals surface area contributed by atoms with Crippen molar-refractivity contribution in [2.75, 3.05) is 20.1 Å². The average Bonchev–Trinajstić information content (AvgIpc) is 3.62. The summed E-state index contributed by atoms with van der Waals surface area (Å²) in [5.41, 5.74) is 2.73. The van der Waals surface area contributed by atoms with Gasteiger partial charge in [-0.3, -0.25) is 9.69 Å². The van der Waals surface area contributed by atoms with Gasteiger partial charge in [-0.05, 0) is 80.7 Å². The number of piperidine rings is 1. The number of aromatic hydroxyl groups is 1. The number of nitrogens with zero attached hydrogens (tertiary/aromatic N) is 2. The van der Waals surface area contributed by atoms with Crippen molar-refractivity contribution in [3.8, 4) is 11.5 Å². The Morgan fingerprint density at radius 1 is 1.26 bits per heavy atom. The van der Waals surface area contributed by atoms with E-state index in [1.165, 1.54) is 18.4 Å². The van der Waals surface area contributed by atoms with Crippen LogP contribution in [0.25, 0.3) is 6.08 Å². The fourth-order valence-electron chi connectivity index (χ4n) is 8.52. The van der Waals surface area contributed by atoms with Crippen LogP contribution in [0.2, 0.25) is 0 Å². The number of carbonyl (C=O) groups excluding carboxylic acids is 1. The SMILES string of the molecule is Cc1cccc(C=CC(=O)N(C)[C@@H]2[C@H](C)C[C@@]3(O)[C@H]4Cc5ccc(O)c6c5[C@@]3(CCN4CC3CC3)[C@H]2O6)c1. The Morgan fingerprint density at radius 2 is 2.08 bits per heavy atom. The fourth-order valence-corrected chi connectivity index (χ4v) is 8.52. The van der Waals surface area contributed by atoms with Crippen LogP contribution in [0.4, 0.5) is 0 Å². The van der Waals surface area contributed by atoms with E-state index in [1.54, 1.807) is 12.1 Å². The monoisotopic (exact) mass is 514 g/mol. The summed E-state index contributed by atoms with van der Waals surface area (Å²) in [5, 5.41) is 23.7. The normalized spacial score (nSPS) is 35.2. The number of phenolic OH excluding ortho intramolecular Hbond substituents is 1. The number of likely N-dealkylation sites (tertiary alicyclic amines) is 1. The number of benzene rings is 2. The molecule has 1 amide bonds. The van der Waals surface area contributed by atoms with Gasteiger partial charge in [0.05, 0.1) is 17.1 Å². The highest BCUT2D eigenvalue weighted by molar-refractivity contribution is 5.92. The van der Waals surface area contributed by atoms with E-state index in [-0.39, 0.29) is 29.7 Å². The van der Waals surface area contributed by atoms with Gasteiger partial charge in [0.25, 0.3) is 0 Å². The lowest BCUT2D eigenvalue weighted by Gasteiger charge is -2.66. The lowest BCUT2D eigenvalue weighted by molar-refractivity contribution is -0.212. The van der Waals surface area contributed by atoms with Gasteiger partial charge in [-0.2, -0.15) is 0 Å². The number of phenols is 1. The Labute approximate surface area is 224 Å². The number of carbonyl (C=O) groups is 1. The number of ether oxygens (including phenoxy) is 1. The predicted molar refractivity (Wildman–Crippen MR) is 146 cm³/mol. The minimum absolute atomic E-state index is 0.0246. The molecule has 0 unspecified atom stereocenters. The molecule has 6 atom stereocenters. The molecule has 1 spiro atoms. The third-order valence-electron chi connectivity index (χ3n) is 10.3. The van der Waals surface area contributed by atoms with Gasteiger partial charge < -0.3 is 19.8 Å². The van der Waals surface area contributed by atoms with Crippen molar-refractivity contribution < 1.29 is 19.7 Å². The topological polar surface area (TPSA) is 73.2 Å². The van der Waals surface area contributed by atoms with E-state index < -0.39 is 17.1 Å². The lowest BCUT2D eigenvalue weighted by Crippen LogP contribution is -2.79. The third kappa shape index (κ3) is 3.29. The van der Waals surface area contributed by atoms with Gasteiger partial charge in [0, 0.05) is 31.3 Å². The first kappa shape index (κ1) is 24.2. The van der Waals surface area contributed by atoms with Crippen molar-refractivity contribution in [2.24, 2.45) is 11.8 Å². The van der Waals surface area contributed by atoms with Crippen LogP contribution in [0.1, 0.15) is 54.9 Å². The van der Waals surface area contributed by atoms with Gasteiger partial charge in [-0.15, -0.1) is 0 Å². The molecule has 2 aromatic carbocycles. The molecular weight excluding hydrogens is 476 g/mol. The quantitative estimate of drug-likeness (QED) is 0.589. The molecule has 2 aliphatic heterocycles. The van der Waals surface area contributed by atoms with Crippen LogP contribution >= 0.6 is 0 Å². The predicted octanol–water partition coefficient (Wildman–Crippen LogP) is 4.05. The molecule has 2 N–H and O–H groups in total. The number of hydrogen-bond acceptors (Lipinski definition) is 5. The van der Waals surface area contributed by atoms with Gasteiger partial charge in [-0.25, -0.2) is 0 Å². The van der Waals surface area contributed by atoms with Crippen LogP contribution in [-0.2, 0) is 16.6 Å². The minimum atomic E-state index is -0.964. The number of amides is 1. The molecule has 38 heavy (non-hydrogen) atoms. The first-order chi connectivity index (χ1) is 18.2. The highest BCUT2D eigenvalue weighted by Crippen LogP contribution is 2.66. The molecule has 6 heteroatoms. The van der Waals surface area contributed by atoms with Crippen LogP contribution in [-0.4, -0.2) is 69.8 Å². The zero-order valence-corrected chi connectivity index (χ0v) is 22.6. The Bertz CT molecular complexity index is 1330. The standard InChI is InChI=1S/C32H38N2O4/c1-19-5-4-6-21(15-19)9-12-26(36)33(3)28-20(2)17-32(37)25-16-23-10-11-24(35)29-27(23)31(32,30(28)38-29)13-14-34(25)18-22-7-8-22/h4-6,9-12,15,20,22,25,28,30,35,37H,7-8,13-14,16-18H2,1-3H3/t20-,25-,28-,30+,31+,32-/m1/s1. The third-order valence-corrected chi connectivity index (χ3v) is 10.3. The van der Waals surface area contributed by atoms with Crippen molar-refractivity contribution in [1.29, 1.82) is 0 Å². The second kappa shape index (κ2) is 8.33. The second-order valence-electron chi connectivity index (χ2n) is 12.7. The number of hydrogen-bond donors (Lipinski definition) is 2. The lowest BCUT2D eigenvalue weighted by atomic mass is 9.46. The van der Waals surface area contributed by atoms with Crippen molar-refractivity contribution in [3.63, 3.8) is 0 Å². The highest BCUT2D eigenvalue weighted by atomic mass is 16.5. The summed E-state index contributed by atoms with van der Waals surface area (Å²) in [5.74, 6) is 1.36. The molecule has 0 radical (unpaired) electrons. The van der Waals surface area contributed by atoms with Crippen LogP contribution in [0.15, 0.2) is 42.5 Å². The summed E-state index contributed by atoms with van der Waals surface area (Å²) in [4.78, 5) is 17.9. The van der Waals surface area contributed by atoms with Crippen molar-refractivity contribution >= 4 is 12.0 Å². The minimum Gasteiger partial charge on any atom is -0.504 e. The van der Waals surface area contributed by atoms with Gasteiger partial charge >= 0.3 is 0 Å². The molecule has 2 aromatic rings. The zero-order chi connectivity index (χ0) is 26.4. The Morgan fingerprint density at radius 3 is 2.84 bits per heavy atom. The maximum Gasteiger partial charge on any atom is 0.246 e. The summed E-state index contributed by atoms with van der Waals surface area (Å²) in [7, 11) is 1.86. The number of aliphatic hydroxyl groups is 1. The van der Waals surface area contributed by atoms with Gasteiger partial charge in [0.15, 0.2) is 11.5 Å². The highest BCUT2D eigenvalue weighted by Gasteiger charge is 2.74. The fraction of sp³-hybridized carbons (Fsp3) is 0.531. The van der Waals surface area contributed by atoms with Crippen molar-refractivity contribution in [2.45, 2.75) is 75.2 Å². The van der Waals surface area contributed by atoms with Crippen LogP contribution in [0, 0.1) is 18.8 Å². The summed E-state index contributed by atoms with van der Waals surface area (Å²) in [6, 6.07) is 11.7. The smallest absolute Gasteiger partial charge is 0.246 e. The summed E-state index contributed by atoms with van der Waals surface area (Å²) < 4.78 is 6.69. The van der Waals surface area contributed by atoms with E-state index >= 15 is 0 Å². The molecule has 2 bridgehead atoms. The Kier molecular flexibility index (Phi) is 5.31. The van der Waals surface area contributed by atoms with Crippen LogP contribution < -0.4 is 4.74 Å². The molecule has 200 valence electrons. The largest absolute Gasteiger partial charge is 0.504 e. The maximum atomic E-state index is 13.5. The molecule has 1 saturated heterocycles. The van der Waals surface area contributed by atoms with Gasteiger partial charge in [-0.1, -0.05) is 42.8 Å². The molecule has 2 heterocycles. The molecule has 3 aliphatic carbocycles. The molecular formula is C32H38N2O4. The first-order valence-corrected chi connectivity index (χ1v) is 14.2. The van der Waals surface area contributed by atoms with E-state index in [9.17, 15) is 15.0 Å². The molecule has 3 fully saturated rings. The molecule has 6 nitrogen and oxygen atoms in total. The van der Waals surface area contributed by atoms with E-state index in [2.05, 4.69) is 17.9 Å². The zero-order valence-electron chi connectivity index (χ0n) is 22.6. The molecule has 2 saturated carbocycles. The number of aryl methyl sites for hydroxylation is 1. The molecule has 5 aliphatic rings. The summed E-state index contributed by atoms with van der Waals surface area (Å²) in [6.07, 6.45) is 7.83. The average molecular weight is 515 g/mol. The van der Waals surface area contributed by atoms with Crippen molar-refractivity contribution in [3.05, 3.63) is 64.7 Å². The molecule has 0 aromatic heterocycles. The van der Waals surface area contributed by atoms with E-state index in [0.717, 1.165) is 48.5 Å². The summed E-state index contributed by atoms with van der Waals surface area (Å²) >= 11 is 0. The Hall–Kier alpha value is -2.83. The van der Waals surface area contributed by atoms with Gasteiger partial charge in [0.1, 0.15) is 6.10 Å². The molecule has 7 rings (SSSR count). The summed E-state index contributed by atoms with van der Waals surface area (Å²) in [6.45, 7) is 6.15. The van der Waals surface area contributed by atoms with Crippen molar-refractivity contribution in [1.82, 2.24) is 9.80 Å². The maximum absolute atomic E-state index is 13.5. The van der Waals surface area contributed by atoms with E-state index in [4.69, 9.17) is 4.74 Å². The number of rotatable bonds is 5. The first-order valence-electron chi connectivity index (χ1n) is 14.2. The van der Waals surface area contributed by atoms with E-state index in [1.807, 2.05) is 49.2 Å². The van der Waals surface area contributed by atoms with Crippen LogP contribution in [0.3, 0.4) is 0 Å².